The maximum Gasteiger partial charge on any atom is 0.338 e. The normalized spacial score (nSPS) is 14.5. The highest BCUT2D eigenvalue weighted by molar-refractivity contribution is 5.95. The van der Waals surface area contributed by atoms with Crippen molar-refractivity contribution in [3.05, 3.63) is 82.3 Å². The average Bonchev–Trinajstić information content (AvgIpc) is 3.47. The minimum atomic E-state index is -0.786. The molecule has 2 aromatic carbocycles. The van der Waals surface area contributed by atoms with Crippen LogP contribution in [0.4, 0.5) is 4.79 Å². The van der Waals surface area contributed by atoms with Gasteiger partial charge in [0.1, 0.15) is 11.5 Å². The predicted molar refractivity (Wildman–Crippen MR) is 158 cm³/mol. The van der Waals surface area contributed by atoms with Crippen LogP contribution < -0.4 is 25.5 Å². The zero-order valence-electron chi connectivity index (χ0n) is 24.8. The topological polar surface area (TPSA) is 167 Å². The Hall–Kier alpha value is -5.59. The highest BCUT2D eigenvalue weighted by atomic mass is 16.5. The molecule has 13 nitrogen and oxygen atoms in total. The summed E-state index contributed by atoms with van der Waals surface area (Å²) in [5.41, 5.74) is 5.40. The summed E-state index contributed by atoms with van der Waals surface area (Å²) in [5.74, 6) is -0.123. The van der Waals surface area contributed by atoms with Crippen LogP contribution in [0.1, 0.15) is 47.1 Å². The Kier molecular flexibility index (Phi) is 10.0. The van der Waals surface area contributed by atoms with Crippen molar-refractivity contribution in [2.45, 2.75) is 26.8 Å². The summed E-state index contributed by atoms with van der Waals surface area (Å²) in [4.78, 5) is 49.1. The molecule has 1 aromatic heterocycles. The van der Waals surface area contributed by atoms with Gasteiger partial charge in [-0.15, -0.1) is 0 Å². The van der Waals surface area contributed by atoms with Gasteiger partial charge in [0.2, 0.25) is 0 Å². The molecule has 1 atom stereocenters. The molecular weight excluding hydrogens is 572 g/mol. The predicted octanol–water partition coefficient (Wildman–Crippen LogP) is 3.77. The molecule has 0 fully saturated rings. The molecular formula is C31H32N4O9. The molecule has 3 amide bonds. The Labute approximate surface area is 253 Å². The summed E-state index contributed by atoms with van der Waals surface area (Å²) >= 11 is 0. The first-order valence-electron chi connectivity index (χ1n) is 13.5. The summed E-state index contributed by atoms with van der Waals surface area (Å²) in [5, 5.41) is 9.22. The van der Waals surface area contributed by atoms with Crippen LogP contribution in [0, 0.1) is 6.92 Å². The first kappa shape index (κ1) is 31.3. The number of hydrogen-bond donors (Lipinski definition) is 3. The highest BCUT2D eigenvalue weighted by Crippen LogP contribution is 2.34. The largest absolute Gasteiger partial charge is 0.493 e. The first-order valence-corrected chi connectivity index (χ1v) is 13.5. The molecule has 0 aliphatic carbocycles. The third kappa shape index (κ3) is 7.06. The molecule has 2 heterocycles. The van der Waals surface area contributed by atoms with Crippen LogP contribution in [0.2, 0.25) is 0 Å². The molecule has 1 aliphatic rings. The van der Waals surface area contributed by atoms with Crippen molar-refractivity contribution in [3.63, 3.8) is 0 Å². The Bertz CT molecular complexity index is 1640. The number of urea groups is 1. The van der Waals surface area contributed by atoms with E-state index in [2.05, 4.69) is 21.2 Å². The van der Waals surface area contributed by atoms with Crippen molar-refractivity contribution in [3.8, 4) is 22.8 Å². The van der Waals surface area contributed by atoms with E-state index in [0.29, 0.717) is 33.9 Å². The Morgan fingerprint density at radius 3 is 2.57 bits per heavy atom. The van der Waals surface area contributed by atoms with Gasteiger partial charge >= 0.3 is 18.0 Å². The number of amides is 3. The van der Waals surface area contributed by atoms with Crippen LogP contribution in [0.5, 0.6) is 11.5 Å². The van der Waals surface area contributed by atoms with Gasteiger partial charge in [0.15, 0.2) is 18.1 Å². The monoisotopic (exact) mass is 604 g/mol. The fraction of sp³-hybridized carbons (Fsp3) is 0.258. The van der Waals surface area contributed by atoms with Crippen molar-refractivity contribution >= 4 is 30.1 Å². The van der Waals surface area contributed by atoms with Gasteiger partial charge in [-0.2, -0.15) is 5.10 Å². The second kappa shape index (κ2) is 14.1. The molecule has 0 saturated carbocycles. The van der Waals surface area contributed by atoms with Gasteiger partial charge in [0.25, 0.3) is 5.91 Å². The number of carbonyl (C=O) groups excluding carboxylic acids is 4. The summed E-state index contributed by atoms with van der Waals surface area (Å²) in [6, 6.07) is 12.2. The Morgan fingerprint density at radius 1 is 1.05 bits per heavy atom. The summed E-state index contributed by atoms with van der Waals surface area (Å²) < 4.78 is 26.9. The van der Waals surface area contributed by atoms with Crippen molar-refractivity contribution in [1.29, 1.82) is 0 Å². The van der Waals surface area contributed by atoms with Crippen LogP contribution in [0.3, 0.4) is 0 Å². The molecule has 0 unspecified atom stereocenters. The maximum atomic E-state index is 12.6. The highest BCUT2D eigenvalue weighted by Gasteiger charge is 2.32. The number of esters is 2. The lowest BCUT2D eigenvalue weighted by Crippen LogP contribution is -2.45. The number of nitrogens with one attached hydrogen (secondary N) is 3. The van der Waals surface area contributed by atoms with Gasteiger partial charge in [-0.1, -0.05) is 18.2 Å². The minimum Gasteiger partial charge on any atom is -0.493 e. The molecule has 4 rings (SSSR count). The number of benzene rings is 2. The number of hydrogen-bond acceptors (Lipinski definition) is 10. The summed E-state index contributed by atoms with van der Waals surface area (Å²) in [7, 11) is 2.75. The first-order chi connectivity index (χ1) is 21.2. The van der Waals surface area contributed by atoms with Crippen LogP contribution in [-0.4, -0.2) is 57.5 Å². The zero-order chi connectivity index (χ0) is 31.8. The second-order valence-corrected chi connectivity index (χ2v) is 9.45. The molecule has 1 aliphatic heterocycles. The second-order valence-electron chi connectivity index (χ2n) is 9.45. The van der Waals surface area contributed by atoms with Crippen molar-refractivity contribution in [2.24, 2.45) is 5.10 Å². The summed E-state index contributed by atoms with van der Waals surface area (Å²) in [6.45, 7) is 4.90. The number of allylic oxidation sites excluding steroid dienone is 1. The van der Waals surface area contributed by atoms with Gasteiger partial charge in [0, 0.05) is 11.3 Å². The van der Waals surface area contributed by atoms with E-state index in [1.54, 1.807) is 63.2 Å². The van der Waals surface area contributed by atoms with Gasteiger partial charge in [0.05, 0.1) is 44.2 Å². The van der Waals surface area contributed by atoms with Gasteiger partial charge in [-0.3, -0.25) is 4.79 Å². The molecule has 0 bridgehead atoms. The Morgan fingerprint density at radius 2 is 1.84 bits per heavy atom. The lowest BCUT2D eigenvalue weighted by atomic mass is 9.95. The molecule has 44 heavy (non-hydrogen) atoms. The fourth-order valence-corrected chi connectivity index (χ4v) is 4.55. The number of ether oxygens (including phenoxy) is 4. The molecule has 3 N–H and O–H groups in total. The van der Waals surface area contributed by atoms with E-state index in [1.807, 2.05) is 6.07 Å². The third-order valence-corrected chi connectivity index (χ3v) is 6.66. The van der Waals surface area contributed by atoms with E-state index in [9.17, 15) is 19.2 Å². The van der Waals surface area contributed by atoms with Crippen molar-refractivity contribution in [2.75, 3.05) is 27.4 Å². The van der Waals surface area contributed by atoms with Crippen LogP contribution in [-0.2, 0) is 19.1 Å². The number of furan rings is 1. The molecule has 0 radical (unpaired) electrons. The van der Waals surface area contributed by atoms with Crippen LogP contribution in [0.25, 0.3) is 11.3 Å². The number of rotatable bonds is 11. The van der Waals surface area contributed by atoms with E-state index < -0.39 is 29.9 Å². The van der Waals surface area contributed by atoms with Crippen LogP contribution >= 0.6 is 0 Å². The van der Waals surface area contributed by atoms with Crippen molar-refractivity contribution in [1.82, 2.24) is 16.1 Å². The maximum absolute atomic E-state index is 12.6. The van der Waals surface area contributed by atoms with E-state index in [1.165, 1.54) is 20.4 Å². The Balaban J connectivity index is 1.38. The van der Waals surface area contributed by atoms with Crippen molar-refractivity contribution < 1.29 is 42.5 Å². The standard InChI is InChI=1S/C31H32N4O9/c1-6-42-30(38)27-18(3)33-31(39)34-28(27)19-10-12-24(25(14-19)40-4)43-16-26(36)35-32-15-20-11-13-23(44-20)21-8-7-9-22(17(21)2)29(37)41-5/h7-15,28H,6,16H2,1-5H3,(H,35,36)(H2,33,34,39)/b32-15-/t28-/m1/s1. The fourth-order valence-electron chi connectivity index (χ4n) is 4.55. The van der Waals surface area contributed by atoms with E-state index in [0.717, 1.165) is 5.56 Å². The number of nitrogens with zero attached hydrogens (tertiary/aromatic N) is 1. The van der Waals surface area contributed by atoms with E-state index in [4.69, 9.17) is 23.4 Å². The minimum absolute atomic E-state index is 0.174. The van der Waals surface area contributed by atoms with E-state index in [-0.39, 0.29) is 30.3 Å². The quantitative estimate of drug-likeness (QED) is 0.168. The van der Waals surface area contributed by atoms with Gasteiger partial charge < -0.3 is 34.0 Å². The average molecular weight is 605 g/mol. The third-order valence-electron chi connectivity index (χ3n) is 6.66. The lowest BCUT2D eigenvalue weighted by Gasteiger charge is -2.28. The smallest absolute Gasteiger partial charge is 0.338 e. The van der Waals surface area contributed by atoms with Crippen LogP contribution in [0.15, 0.2) is 69.3 Å². The molecule has 3 aromatic rings. The van der Waals surface area contributed by atoms with Gasteiger partial charge in [-0.05, 0) is 62.2 Å². The summed E-state index contributed by atoms with van der Waals surface area (Å²) in [6.07, 6.45) is 1.33. The number of carbonyl (C=O) groups is 4. The molecule has 13 heteroatoms. The molecule has 0 saturated heterocycles. The number of hydrazone groups is 1. The SMILES string of the molecule is CCOC(=O)C1=C(C)NC(=O)N[C@@H]1c1ccc(OCC(=O)N/N=C\c2ccc(-c3cccc(C(=O)OC)c3C)o2)c(OC)c1. The van der Waals surface area contributed by atoms with E-state index >= 15 is 0 Å². The lowest BCUT2D eigenvalue weighted by molar-refractivity contribution is -0.139. The molecule has 230 valence electrons. The molecule has 0 spiro atoms. The zero-order valence-corrected chi connectivity index (χ0v) is 24.8. The number of methoxy groups -OCH3 is 2. The van der Waals surface area contributed by atoms with Gasteiger partial charge in [-0.25, -0.2) is 19.8 Å².